The molecular weight excluding hydrogens is 298 g/mol. The topological polar surface area (TPSA) is 43.4 Å². The summed E-state index contributed by atoms with van der Waals surface area (Å²) in [6.45, 7) is 0. The van der Waals surface area contributed by atoms with Gasteiger partial charge in [-0.3, -0.25) is 0 Å². The molecule has 0 bridgehead atoms. The first-order valence-corrected chi connectivity index (χ1v) is 7.84. The van der Waals surface area contributed by atoms with Crippen molar-refractivity contribution < 1.29 is 21.9 Å². The van der Waals surface area contributed by atoms with E-state index in [0.717, 1.165) is 18.4 Å². The Balaban J connectivity index is 2.08. The van der Waals surface area contributed by atoms with Crippen LogP contribution in [0.4, 0.5) is 8.78 Å². The van der Waals surface area contributed by atoms with Crippen LogP contribution < -0.4 is 4.74 Å². The van der Waals surface area contributed by atoms with Crippen LogP contribution >= 0.6 is 0 Å². The van der Waals surface area contributed by atoms with Crippen molar-refractivity contribution in [3.8, 4) is 5.75 Å². The number of sulfone groups is 1. The molecule has 0 aromatic heterocycles. The Morgan fingerprint density at radius 1 is 1.05 bits per heavy atom. The average Bonchev–Trinajstić information content (AvgIpc) is 2.41. The van der Waals surface area contributed by atoms with Gasteiger partial charge in [0.15, 0.2) is 21.4 Å². The molecule has 0 spiro atoms. The zero-order valence-electron chi connectivity index (χ0n) is 11.1. The monoisotopic (exact) mass is 310 g/mol. The van der Waals surface area contributed by atoms with Crippen LogP contribution in [-0.4, -0.2) is 14.7 Å². The molecule has 0 saturated carbocycles. The first-order valence-electron chi connectivity index (χ1n) is 5.94. The summed E-state index contributed by atoms with van der Waals surface area (Å²) in [6.07, 6.45) is 3.90. The summed E-state index contributed by atoms with van der Waals surface area (Å²) in [6, 6.07) is 9.12. The number of ether oxygens (including phenoxy) is 1. The lowest BCUT2D eigenvalue weighted by Crippen LogP contribution is -1.96. The van der Waals surface area contributed by atoms with E-state index in [0.29, 0.717) is 5.56 Å². The summed E-state index contributed by atoms with van der Waals surface area (Å²) >= 11 is 0. The lowest BCUT2D eigenvalue weighted by molar-refractivity contribution is 0.439. The molecule has 0 N–H and O–H groups in total. The Morgan fingerprint density at radius 2 is 1.71 bits per heavy atom. The van der Waals surface area contributed by atoms with Crippen molar-refractivity contribution in [2.45, 2.75) is 4.90 Å². The van der Waals surface area contributed by atoms with Crippen LogP contribution in [0.5, 0.6) is 5.75 Å². The summed E-state index contributed by atoms with van der Waals surface area (Å²) in [5.41, 5.74) is 0.685. The molecule has 0 heterocycles. The van der Waals surface area contributed by atoms with E-state index < -0.39 is 21.5 Å². The van der Waals surface area contributed by atoms with Crippen molar-refractivity contribution in [3.63, 3.8) is 0 Å². The van der Waals surface area contributed by atoms with Crippen LogP contribution in [0.25, 0.3) is 6.08 Å². The first kappa shape index (κ1) is 15.2. The van der Waals surface area contributed by atoms with Gasteiger partial charge in [-0.2, -0.15) is 0 Å². The summed E-state index contributed by atoms with van der Waals surface area (Å²) in [4.78, 5) is 0.213. The average molecular weight is 310 g/mol. The van der Waals surface area contributed by atoms with Crippen molar-refractivity contribution in [1.29, 1.82) is 0 Å². The quantitative estimate of drug-likeness (QED) is 0.813. The van der Waals surface area contributed by atoms with Crippen LogP contribution in [0.2, 0.25) is 0 Å². The van der Waals surface area contributed by atoms with Crippen molar-refractivity contribution in [3.05, 3.63) is 65.9 Å². The van der Waals surface area contributed by atoms with Gasteiger partial charge >= 0.3 is 0 Å². The fourth-order valence-electron chi connectivity index (χ4n) is 1.58. The van der Waals surface area contributed by atoms with Crippen LogP contribution in [0.15, 0.2) is 53.6 Å². The van der Waals surface area contributed by atoms with Crippen molar-refractivity contribution in [2.75, 3.05) is 6.26 Å². The van der Waals surface area contributed by atoms with Crippen LogP contribution in [-0.2, 0) is 9.84 Å². The van der Waals surface area contributed by atoms with Crippen LogP contribution in [0.1, 0.15) is 5.56 Å². The van der Waals surface area contributed by atoms with Crippen molar-refractivity contribution in [2.24, 2.45) is 0 Å². The second kappa shape index (κ2) is 6.05. The van der Waals surface area contributed by atoms with Crippen LogP contribution in [0, 0.1) is 11.6 Å². The fraction of sp³-hybridized carbons (Fsp3) is 0.0667. The number of hydrogen-bond donors (Lipinski definition) is 0. The molecule has 0 aliphatic heterocycles. The van der Waals surface area contributed by atoms with Crippen molar-refractivity contribution >= 4 is 15.9 Å². The Labute approximate surface area is 121 Å². The second-order valence-corrected chi connectivity index (χ2v) is 6.35. The third kappa shape index (κ3) is 4.13. The van der Waals surface area contributed by atoms with E-state index in [1.807, 2.05) is 0 Å². The third-order valence-electron chi connectivity index (χ3n) is 2.66. The summed E-state index contributed by atoms with van der Waals surface area (Å²) < 4.78 is 53.6. The Hall–Kier alpha value is -2.21. The molecule has 0 aliphatic carbocycles. The summed E-state index contributed by atoms with van der Waals surface area (Å²) in [5, 5.41) is 0. The van der Waals surface area contributed by atoms with Crippen LogP contribution in [0.3, 0.4) is 0 Å². The molecular formula is C15H12F2O3S. The fourth-order valence-corrected chi connectivity index (χ4v) is 2.21. The minimum absolute atomic E-state index is 0.0968. The first-order chi connectivity index (χ1) is 9.86. The third-order valence-corrected chi connectivity index (χ3v) is 3.79. The van der Waals surface area contributed by atoms with E-state index >= 15 is 0 Å². The van der Waals surface area contributed by atoms with E-state index in [-0.39, 0.29) is 10.6 Å². The molecule has 0 unspecified atom stereocenters. The predicted molar refractivity (Wildman–Crippen MR) is 75.6 cm³/mol. The van der Waals surface area contributed by atoms with E-state index in [1.165, 1.54) is 30.5 Å². The SMILES string of the molecule is CS(=O)(=O)c1ccc(C=COc2ccc(F)cc2F)cc1. The molecule has 2 rings (SSSR count). The molecule has 2 aromatic carbocycles. The zero-order valence-corrected chi connectivity index (χ0v) is 11.9. The van der Waals surface area contributed by atoms with Gasteiger partial charge in [0.05, 0.1) is 11.2 Å². The highest BCUT2D eigenvalue weighted by Gasteiger charge is 2.05. The smallest absolute Gasteiger partial charge is 0.175 e. The number of rotatable bonds is 4. The van der Waals surface area contributed by atoms with Gasteiger partial charge in [0.1, 0.15) is 5.82 Å². The minimum atomic E-state index is -3.23. The summed E-state index contributed by atoms with van der Waals surface area (Å²) in [5.74, 6) is -1.58. The maximum absolute atomic E-state index is 13.3. The highest BCUT2D eigenvalue weighted by Crippen LogP contribution is 2.18. The van der Waals surface area contributed by atoms with E-state index in [1.54, 1.807) is 12.1 Å². The summed E-state index contributed by atoms with van der Waals surface area (Å²) in [7, 11) is -3.23. The number of hydrogen-bond acceptors (Lipinski definition) is 3. The van der Waals surface area contributed by atoms with E-state index in [4.69, 9.17) is 4.74 Å². The largest absolute Gasteiger partial charge is 0.462 e. The normalized spacial score (nSPS) is 11.8. The Morgan fingerprint density at radius 3 is 2.29 bits per heavy atom. The molecule has 0 atom stereocenters. The molecule has 0 saturated heterocycles. The number of benzene rings is 2. The van der Waals surface area contributed by atoms with Gasteiger partial charge in [0.2, 0.25) is 0 Å². The van der Waals surface area contributed by atoms with Gasteiger partial charge < -0.3 is 4.74 Å². The minimum Gasteiger partial charge on any atom is -0.462 e. The van der Waals surface area contributed by atoms with Gasteiger partial charge in [0, 0.05) is 12.3 Å². The van der Waals surface area contributed by atoms with E-state index in [9.17, 15) is 17.2 Å². The highest BCUT2D eigenvalue weighted by atomic mass is 32.2. The molecule has 0 radical (unpaired) electrons. The predicted octanol–water partition coefficient (Wildman–Crippen LogP) is 3.42. The molecule has 110 valence electrons. The van der Waals surface area contributed by atoms with Gasteiger partial charge in [-0.1, -0.05) is 12.1 Å². The maximum atomic E-state index is 13.3. The number of halogens is 2. The molecule has 21 heavy (non-hydrogen) atoms. The molecule has 0 fully saturated rings. The zero-order chi connectivity index (χ0) is 15.5. The Kier molecular flexibility index (Phi) is 4.37. The molecule has 0 aliphatic rings. The molecule has 2 aromatic rings. The lowest BCUT2D eigenvalue weighted by atomic mass is 10.2. The van der Waals surface area contributed by atoms with Gasteiger partial charge in [-0.15, -0.1) is 0 Å². The maximum Gasteiger partial charge on any atom is 0.175 e. The Bertz CT molecular complexity index is 766. The molecule has 3 nitrogen and oxygen atoms in total. The molecule has 6 heteroatoms. The van der Waals surface area contributed by atoms with Gasteiger partial charge in [0.25, 0.3) is 0 Å². The standard InChI is InChI=1S/C15H12F2O3S/c1-21(18,19)13-5-2-11(3-6-13)8-9-20-15-7-4-12(16)10-14(15)17/h2-10H,1H3. The van der Waals surface area contributed by atoms with E-state index in [2.05, 4.69) is 0 Å². The highest BCUT2D eigenvalue weighted by molar-refractivity contribution is 7.90. The van der Waals surface area contributed by atoms with Crippen molar-refractivity contribution in [1.82, 2.24) is 0 Å². The van der Waals surface area contributed by atoms with Gasteiger partial charge in [-0.25, -0.2) is 17.2 Å². The second-order valence-electron chi connectivity index (χ2n) is 4.34. The lowest BCUT2D eigenvalue weighted by Gasteiger charge is -2.02. The van der Waals surface area contributed by atoms with Gasteiger partial charge in [-0.05, 0) is 35.9 Å². The molecule has 0 amide bonds.